The molecule has 1 N–H and O–H groups in total. The van der Waals surface area contributed by atoms with E-state index in [4.69, 9.17) is 9.84 Å². The third-order valence-electron chi connectivity index (χ3n) is 1.78. The third kappa shape index (κ3) is 2.46. The van der Waals surface area contributed by atoms with Gasteiger partial charge in [0.15, 0.2) is 9.84 Å². The summed E-state index contributed by atoms with van der Waals surface area (Å²) in [7, 11) is -1.83. The van der Waals surface area contributed by atoms with Crippen molar-refractivity contribution in [1.29, 1.82) is 0 Å². The first kappa shape index (κ1) is 11.0. The zero-order valence-corrected chi connectivity index (χ0v) is 8.62. The van der Waals surface area contributed by atoms with Crippen LogP contribution in [0.15, 0.2) is 29.2 Å². The Morgan fingerprint density at radius 3 is 2.29 bits per heavy atom. The van der Waals surface area contributed by atoms with Crippen molar-refractivity contribution in [3.8, 4) is 5.75 Å². The van der Waals surface area contributed by atoms with E-state index in [-0.39, 0.29) is 17.3 Å². The molecular formula is C9H12O4S. The van der Waals surface area contributed by atoms with Gasteiger partial charge in [-0.05, 0) is 24.3 Å². The number of hydrogen-bond acceptors (Lipinski definition) is 4. The van der Waals surface area contributed by atoms with Gasteiger partial charge in [-0.1, -0.05) is 0 Å². The fourth-order valence-electron chi connectivity index (χ4n) is 1.02. The first-order valence-electron chi connectivity index (χ1n) is 4.08. The zero-order valence-electron chi connectivity index (χ0n) is 7.80. The summed E-state index contributed by atoms with van der Waals surface area (Å²) in [6.07, 6.45) is 0. The van der Waals surface area contributed by atoms with E-state index in [0.29, 0.717) is 5.75 Å². The fourth-order valence-corrected chi connectivity index (χ4v) is 2.05. The van der Waals surface area contributed by atoms with Gasteiger partial charge in [0.2, 0.25) is 0 Å². The largest absolute Gasteiger partial charge is 0.497 e. The monoisotopic (exact) mass is 216 g/mol. The van der Waals surface area contributed by atoms with Gasteiger partial charge in [-0.3, -0.25) is 0 Å². The predicted molar refractivity (Wildman–Crippen MR) is 52.1 cm³/mol. The Bertz CT molecular complexity index is 380. The summed E-state index contributed by atoms with van der Waals surface area (Å²) in [5.74, 6) is 0.354. The molecule has 5 heteroatoms. The van der Waals surface area contributed by atoms with Crippen LogP contribution in [-0.4, -0.2) is 33.0 Å². The maximum atomic E-state index is 11.4. The van der Waals surface area contributed by atoms with Crippen molar-refractivity contribution in [1.82, 2.24) is 0 Å². The molecule has 0 fully saturated rings. The molecule has 0 aliphatic rings. The van der Waals surface area contributed by atoms with Crippen LogP contribution in [0.2, 0.25) is 0 Å². The first-order chi connectivity index (χ1) is 6.60. The third-order valence-corrected chi connectivity index (χ3v) is 3.49. The molecule has 0 spiro atoms. The Morgan fingerprint density at radius 1 is 1.29 bits per heavy atom. The standard InChI is InChI=1S/C9H12O4S/c1-13-8-2-4-9(5-3-8)14(11,12)7-6-10/h2-5,10H,6-7H2,1H3. The average molecular weight is 216 g/mol. The molecule has 0 radical (unpaired) electrons. The lowest BCUT2D eigenvalue weighted by Crippen LogP contribution is -2.09. The van der Waals surface area contributed by atoms with E-state index in [1.165, 1.54) is 19.2 Å². The maximum Gasteiger partial charge on any atom is 0.180 e. The van der Waals surface area contributed by atoms with E-state index in [0.717, 1.165) is 0 Å². The van der Waals surface area contributed by atoms with Crippen LogP contribution in [0.3, 0.4) is 0 Å². The van der Waals surface area contributed by atoms with E-state index < -0.39 is 9.84 Å². The van der Waals surface area contributed by atoms with Crippen LogP contribution in [0, 0.1) is 0 Å². The molecule has 78 valence electrons. The molecule has 0 aliphatic carbocycles. The van der Waals surface area contributed by atoms with Crippen molar-refractivity contribution in [2.75, 3.05) is 19.5 Å². The van der Waals surface area contributed by atoms with Gasteiger partial charge in [-0.2, -0.15) is 0 Å². The van der Waals surface area contributed by atoms with Gasteiger partial charge in [0.1, 0.15) is 5.75 Å². The van der Waals surface area contributed by atoms with Crippen molar-refractivity contribution in [3.63, 3.8) is 0 Å². The van der Waals surface area contributed by atoms with Crippen molar-refractivity contribution in [2.24, 2.45) is 0 Å². The van der Waals surface area contributed by atoms with Gasteiger partial charge in [0.05, 0.1) is 24.4 Å². The number of ether oxygens (including phenoxy) is 1. The minimum absolute atomic E-state index is 0.201. The molecule has 0 heterocycles. The number of methoxy groups -OCH3 is 1. The second kappa shape index (κ2) is 4.43. The van der Waals surface area contributed by atoms with Gasteiger partial charge in [-0.25, -0.2) is 8.42 Å². The van der Waals surface area contributed by atoms with Crippen LogP contribution in [0.4, 0.5) is 0 Å². The number of sulfone groups is 1. The van der Waals surface area contributed by atoms with Crippen molar-refractivity contribution < 1.29 is 18.3 Å². The molecule has 0 atom stereocenters. The van der Waals surface area contributed by atoms with Gasteiger partial charge in [0, 0.05) is 0 Å². The zero-order chi connectivity index (χ0) is 10.6. The molecule has 0 bridgehead atoms. The Labute approximate surface area is 83.1 Å². The number of aliphatic hydroxyl groups excluding tert-OH is 1. The maximum absolute atomic E-state index is 11.4. The fraction of sp³-hybridized carbons (Fsp3) is 0.333. The topological polar surface area (TPSA) is 63.6 Å². The molecular weight excluding hydrogens is 204 g/mol. The Balaban J connectivity index is 2.97. The molecule has 0 saturated heterocycles. The Morgan fingerprint density at radius 2 is 1.86 bits per heavy atom. The summed E-state index contributed by atoms with van der Waals surface area (Å²) in [5.41, 5.74) is 0. The molecule has 0 amide bonds. The second-order valence-electron chi connectivity index (χ2n) is 2.72. The molecule has 1 rings (SSSR count). The van der Waals surface area contributed by atoms with Crippen molar-refractivity contribution in [3.05, 3.63) is 24.3 Å². The lowest BCUT2D eigenvalue weighted by Gasteiger charge is -2.03. The molecule has 0 aromatic heterocycles. The van der Waals surface area contributed by atoms with Gasteiger partial charge >= 0.3 is 0 Å². The highest BCUT2D eigenvalue weighted by Crippen LogP contribution is 2.16. The molecule has 1 aromatic carbocycles. The van der Waals surface area contributed by atoms with E-state index >= 15 is 0 Å². The number of aliphatic hydroxyl groups is 1. The van der Waals surface area contributed by atoms with Crippen LogP contribution < -0.4 is 4.74 Å². The Hall–Kier alpha value is -1.07. The normalized spacial score (nSPS) is 11.3. The minimum Gasteiger partial charge on any atom is -0.497 e. The quantitative estimate of drug-likeness (QED) is 0.794. The van der Waals surface area contributed by atoms with Crippen LogP contribution in [0.1, 0.15) is 0 Å². The molecule has 0 unspecified atom stereocenters. The molecule has 1 aromatic rings. The van der Waals surface area contributed by atoms with E-state index in [1.54, 1.807) is 12.1 Å². The SMILES string of the molecule is COc1ccc(S(=O)(=O)CCO)cc1. The number of benzene rings is 1. The summed E-state index contributed by atoms with van der Waals surface area (Å²) in [6, 6.07) is 6.07. The highest BCUT2D eigenvalue weighted by molar-refractivity contribution is 7.91. The minimum atomic E-state index is -3.34. The van der Waals surface area contributed by atoms with E-state index in [1.807, 2.05) is 0 Å². The van der Waals surface area contributed by atoms with Crippen molar-refractivity contribution >= 4 is 9.84 Å². The van der Waals surface area contributed by atoms with Crippen LogP contribution >= 0.6 is 0 Å². The first-order valence-corrected chi connectivity index (χ1v) is 5.73. The van der Waals surface area contributed by atoms with Crippen LogP contribution in [-0.2, 0) is 9.84 Å². The van der Waals surface area contributed by atoms with E-state index in [2.05, 4.69) is 0 Å². The van der Waals surface area contributed by atoms with Crippen molar-refractivity contribution in [2.45, 2.75) is 4.90 Å². The van der Waals surface area contributed by atoms with Crippen LogP contribution in [0.25, 0.3) is 0 Å². The predicted octanol–water partition coefficient (Wildman–Crippen LogP) is 0.461. The summed E-state index contributed by atoms with van der Waals surface area (Å²) in [5, 5.41) is 8.56. The van der Waals surface area contributed by atoms with Gasteiger partial charge in [0.25, 0.3) is 0 Å². The lowest BCUT2D eigenvalue weighted by molar-refractivity contribution is 0.319. The second-order valence-corrected chi connectivity index (χ2v) is 4.83. The summed E-state index contributed by atoms with van der Waals surface area (Å²) in [4.78, 5) is 0.201. The number of hydrogen-bond donors (Lipinski definition) is 1. The molecule has 4 nitrogen and oxygen atoms in total. The Kier molecular flexibility index (Phi) is 3.49. The van der Waals surface area contributed by atoms with Crippen LogP contribution in [0.5, 0.6) is 5.75 Å². The smallest absolute Gasteiger partial charge is 0.180 e. The summed E-state index contributed by atoms with van der Waals surface area (Å²) >= 11 is 0. The summed E-state index contributed by atoms with van der Waals surface area (Å²) < 4.78 is 27.8. The number of rotatable bonds is 4. The summed E-state index contributed by atoms with van der Waals surface area (Å²) in [6.45, 7) is -0.367. The average Bonchev–Trinajstić information content (AvgIpc) is 2.18. The molecule has 0 aliphatic heterocycles. The molecule has 14 heavy (non-hydrogen) atoms. The highest BCUT2D eigenvalue weighted by atomic mass is 32.2. The lowest BCUT2D eigenvalue weighted by atomic mass is 10.3. The van der Waals surface area contributed by atoms with Gasteiger partial charge in [-0.15, -0.1) is 0 Å². The molecule has 0 saturated carbocycles. The highest BCUT2D eigenvalue weighted by Gasteiger charge is 2.12. The van der Waals surface area contributed by atoms with Gasteiger partial charge < -0.3 is 9.84 Å². The van der Waals surface area contributed by atoms with E-state index in [9.17, 15) is 8.42 Å².